The van der Waals surface area contributed by atoms with Crippen LogP contribution in [0.25, 0.3) is 11.3 Å². The first-order valence-electron chi connectivity index (χ1n) is 8.33. The maximum absolute atomic E-state index is 11.0. The maximum Gasteiger partial charge on any atom is 0.305 e. The normalized spacial score (nSPS) is 10.7. The predicted octanol–water partition coefficient (Wildman–Crippen LogP) is 4.75. The molecule has 0 aliphatic rings. The van der Waals surface area contributed by atoms with Gasteiger partial charge in [0.25, 0.3) is 0 Å². The number of rotatable bonds is 9. The van der Waals surface area contributed by atoms with Crippen LogP contribution in [0.3, 0.4) is 0 Å². The van der Waals surface area contributed by atoms with Crippen molar-refractivity contribution < 1.29 is 14.6 Å². The van der Waals surface area contributed by atoms with Gasteiger partial charge in [-0.3, -0.25) is 4.79 Å². The van der Waals surface area contributed by atoms with Gasteiger partial charge in [0.1, 0.15) is 5.75 Å². The first-order chi connectivity index (χ1) is 12.7. The number of aromatic nitrogens is 1. The van der Waals surface area contributed by atoms with Gasteiger partial charge in [0.05, 0.1) is 25.3 Å². The van der Waals surface area contributed by atoms with Crippen LogP contribution < -0.4 is 9.64 Å². The molecular formula is C19H20N2O3S2. The Morgan fingerprint density at radius 3 is 2.69 bits per heavy atom. The highest BCUT2D eigenvalue weighted by Gasteiger charge is 2.15. The minimum Gasteiger partial charge on any atom is -0.494 e. The van der Waals surface area contributed by atoms with Crippen molar-refractivity contribution in [2.75, 3.05) is 18.1 Å². The molecule has 5 nitrogen and oxygen atoms in total. The fraction of sp³-hybridized carbons (Fsp3) is 0.263. The average molecular weight is 389 g/mol. The van der Waals surface area contributed by atoms with E-state index in [-0.39, 0.29) is 6.42 Å². The zero-order chi connectivity index (χ0) is 18.4. The van der Waals surface area contributed by atoms with Crippen molar-refractivity contribution in [1.29, 1.82) is 0 Å². The number of aliphatic carboxylic acids is 1. The summed E-state index contributed by atoms with van der Waals surface area (Å²) in [5.41, 5.74) is 1.91. The number of carboxylic acids is 1. The molecule has 26 heavy (non-hydrogen) atoms. The molecule has 7 heteroatoms. The number of hydrogen-bond acceptors (Lipinski definition) is 6. The van der Waals surface area contributed by atoms with Crippen LogP contribution >= 0.6 is 22.7 Å². The van der Waals surface area contributed by atoms with E-state index in [1.165, 1.54) is 16.2 Å². The highest BCUT2D eigenvalue weighted by atomic mass is 32.1. The second-order valence-electron chi connectivity index (χ2n) is 5.62. The van der Waals surface area contributed by atoms with Gasteiger partial charge in [-0.1, -0.05) is 6.07 Å². The molecular weight excluding hydrogens is 368 g/mol. The summed E-state index contributed by atoms with van der Waals surface area (Å²) in [7, 11) is 0. The van der Waals surface area contributed by atoms with Crippen LogP contribution in [0.15, 0.2) is 47.2 Å². The van der Waals surface area contributed by atoms with Crippen LogP contribution in [0, 0.1) is 0 Å². The first kappa shape index (κ1) is 18.4. The number of ether oxygens (including phenoxy) is 1. The monoisotopic (exact) mass is 388 g/mol. The van der Waals surface area contributed by atoms with Gasteiger partial charge in [0.15, 0.2) is 5.13 Å². The second kappa shape index (κ2) is 8.82. The molecule has 0 bridgehead atoms. The first-order valence-corrected chi connectivity index (χ1v) is 10.1. The van der Waals surface area contributed by atoms with E-state index >= 15 is 0 Å². The molecule has 0 spiro atoms. The summed E-state index contributed by atoms with van der Waals surface area (Å²) >= 11 is 3.20. The Labute approximate surface area is 160 Å². The molecule has 0 amide bonds. The van der Waals surface area contributed by atoms with E-state index in [9.17, 15) is 4.79 Å². The molecule has 0 atom stereocenters. The van der Waals surface area contributed by atoms with E-state index in [0.29, 0.717) is 19.7 Å². The standard InChI is InChI=1S/C19H20N2O3S2/c1-2-24-15-7-5-14(6-8-15)17-13-26-19(20-17)21(10-9-18(22)23)12-16-4-3-11-25-16/h3-8,11,13H,2,9-10,12H2,1H3,(H,22,23). The lowest BCUT2D eigenvalue weighted by atomic mass is 10.2. The van der Waals surface area contributed by atoms with E-state index in [2.05, 4.69) is 6.07 Å². The molecule has 0 radical (unpaired) electrons. The number of carbonyl (C=O) groups is 1. The number of carboxylic acid groups (broad SMARTS) is 1. The molecule has 0 aliphatic heterocycles. The molecule has 0 saturated heterocycles. The average Bonchev–Trinajstić information content (AvgIpc) is 3.31. The summed E-state index contributed by atoms with van der Waals surface area (Å²) in [6, 6.07) is 11.9. The van der Waals surface area contributed by atoms with Crippen molar-refractivity contribution in [3.8, 4) is 17.0 Å². The van der Waals surface area contributed by atoms with Crippen molar-refractivity contribution in [2.24, 2.45) is 0 Å². The van der Waals surface area contributed by atoms with Crippen LogP contribution in [0.2, 0.25) is 0 Å². The molecule has 3 aromatic rings. The van der Waals surface area contributed by atoms with Gasteiger partial charge in [-0.2, -0.15) is 0 Å². The fourth-order valence-electron chi connectivity index (χ4n) is 2.49. The summed E-state index contributed by atoms with van der Waals surface area (Å²) in [6.45, 7) is 3.70. The molecule has 1 N–H and O–H groups in total. The Kier molecular flexibility index (Phi) is 6.25. The van der Waals surface area contributed by atoms with Gasteiger partial charge >= 0.3 is 5.97 Å². The van der Waals surface area contributed by atoms with Gasteiger partial charge in [0.2, 0.25) is 0 Å². The van der Waals surface area contributed by atoms with Crippen molar-refractivity contribution in [3.05, 3.63) is 52.0 Å². The number of nitrogens with zero attached hydrogens (tertiary/aromatic N) is 2. The Balaban J connectivity index is 1.77. The van der Waals surface area contributed by atoms with Gasteiger partial charge in [-0.15, -0.1) is 22.7 Å². The van der Waals surface area contributed by atoms with E-state index in [0.717, 1.165) is 22.1 Å². The maximum atomic E-state index is 11.0. The quantitative estimate of drug-likeness (QED) is 0.573. The highest BCUT2D eigenvalue weighted by Crippen LogP contribution is 2.30. The van der Waals surface area contributed by atoms with Gasteiger partial charge in [0, 0.05) is 22.4 Å². The lowest BCUT2D eigenvalue weighted by Gasteiger charge is -2.20. The third-order valence-electron chi connectivity index (χ3n) is 3.75. The number of thiophene rings is 1. The summed E-state index contributed by atoms with van der Waals surface area (Å²) in [5, 5.41) is 13.9. The molecule has 1 aromatic carbocycles. The van der Waals surface area contributed by atoms with E-state index < -0.39 is 5.97 Å². The van der Waals surface area contributed by atoms with Crippen LogP contribution in [0.5, 0.6) is 5.75 Å². The highest BCUT2D eigenvalue weighted by molar-refractivity contribution is 7.14. The summed E-state index contributed by atoms with van der Waals surface area (Å²) in [6.07, 6.45) is 0.0866. The molecule has 2 heterocycles. The number of benzene rings is 1. The van der Waals surface area contributed by atoms with Crippen LogP contribution in [-0.2, 0) is 11.3 Å². The second-order valence-corrected chi connectivity index (χ2v) is 7.49. The third-order valence-corrected chi connectivity index (χ3v) is 5.51. The topological polar surface area (TPSA) is 62.7 Å². The molecule has 3 rings (SSSR count). The molecule has 0 unspecified atom stereocenters. The SMILES string of the molecule is CCOc1ccc(-c2csc(N(CCC(=O)O)Cc3cccs3)n2)cc1. The van der Waals surface area contributed by atoms with Crippen molar-refractivity contribution in [3.63, 3.8) is 0 Å². The zero-order valence-electron chi connectivity index (χ0n) is 14.4. The van der Waals surface area contributed by atoms with Gasteiger partial charge < -0.3 is 14.7 Å². The van der Waals surface area contributed by atoms with E-state index in [1.807, 2.05) is 52.9 Å². The minimum atomic E-state index is -0.801. The third kappa shape index (κ3) is 4.83. The predicted molar refractivity (Wildman–Crippen MR) is 106 cm³/mol. The van der Waals surface area contributed by atoms with E-state index in [1.54, 1.807) is 11.3 Å². The van der Waals surface area contributed by atoms with Crippen molar-refractivity contribution in [2.45, 2.75) is 19.9 Å². The fourth-order valence-corrected chi connectivity index (χ4v) is 4.08. The molecule has 2 aromatic heterocycles. The summed E-state index contributed by atoms with van der Waals surface area (Å²) < 4.78 is 5.47. The Bertz CT molecular complexity index is 829. The molecule has 0 saturated carbocycles. The van der Waals surface area contributed by atoms with Crippen LogP contribution in [0.4, 0.5) is 5.13 Å². The Morgan fingerprint density at radius 2 is 2.04 bits per heavy atom. The van der Waals surface area contributed by atoms with Gasteiger partial charge in [-0.25, -0.2) is 4.98 Å². The minimum absolute atomic E-state index is 0.0866. The van der Waals surface area contributed by atoms with Crippen molar-refractivity contribution in [1.82, 2.24) is 4.98 Å². The van der Waals surface area contributed by atoms with Gasteiger partial charge in [-0.05, 0) is 42.6 Å². The number of anilines is 1. The number of hydrogen-bond donors (Lipinski definition) is 1. The lowest BCUT2D eigenvalue weighted by Crippen LogP contribution is -2.25. The lowest BCUT2D eigenvalue weighted by molar-refractivity contribution is -0.136. The van der Waals surface area contributed by atoms with Crippen LogP contribution in [-0.4, -0.2) is 29.2 Å². The smallest absolute Gasteiger partial charge is 0.305 e. The Hall–Kier alpha value is -2.38. The Morgan fingerprint density at radius 1 is 1.23 bits per heavy atom. The molecule has 0 aliphatic carbocycles. The summed E-state index contributed by atoms with van der Waals surface area (Å²) in [4.78, 5) is 18.9. The van der Waals surface area contributed by atoms with Crippen LogP contribution in [0.1, 0.15) is 18.2 Å². The summed E-state index contributed by atoms with van der Waals surface area (Å²) in [5.74, 6) is 0.0388. The van der Waals surface area contributed by atoms with Crippen molar-refractivity contribution >= 4 is 33.8 Å². The number of thiazole rings is 1. The zero-order valence-corrected chi connectivity index (χ0v) is 16.1. The van der Waals surface area contributed by atoms with E-state index in [4.69, 9.17) is 14.8 Å². The largest absolute Gasteiger partial charge is 0.494 e. The molecule has 0 fully saturated rings. The molecule has 136 valence electrons.